The van der Waals surface area contributed by atoms with Gasteiger partial charge in [0.05, 0.1) is 12.5 Å². The van der Waals surface area contributed by atoms with Crippen molar-refractivity contribution in [3.8, 4) is 0 Å². The van der Waals surface area contributed by atoms with E-state index in [1.54, 1.807) is 0 Å². The number of cyclic esters (lactones) is 1. The summed E-state index contributed by atoms with van der Waals surface area (Å²) in [4.78, 5) is 11.1. The zero-order valence-corrected chi connectivity index (χ0v) is 6.88. The summed E-state index contributed by atoms with van der Waals surface area (Å²) in [7, 11) is 0. The van der Waals surface area contributed by atoms with Gasteiger partial charge in [0.15, 0.2) is 0 Å². The van der Waals surface area contributed by atoms with Crippen LogP contribution >= 0.6 is 0 Å². The lowest BCUT2D eigenvalue weighted by Gasteiger charge is -2.29. The van der Waals surface area contributed by atoms with Crippen LogP contribution in [0.15, 0.2) is 0 Å². The molecule has 2 fully saturated rings. The van der Waals surface area contributed by atoms with Crippen LogP contribution in [0.25, 0.3) is 0 Å². The van der Waals surface area contributed by atoms with Gasteiger partial charge in [0.2, 0.25) is 0 Å². The SMILES string of the molecule is CC1C(=O)OCC2CCCC21. The lowest BCUT2D eigenvalue weighted by molar-refractivity contribution is -0.158. The zero-order chi connectivity index (χ0) is 7.84. The molecule has 3 atom stereocenters. The summed E-state index contributed by atoms with van der Waals surface area (Å²) in [5.74, 6) is 1.50. The minimum Gasteiger partial charge on any atom is -0.465 e. The maximum absolute atomic E-state index is 11.1. The Bertz CT molecular complexity index is 176. The van der Waals surface area contributed by atoms with Gasteiger partial charge in [0, 0.05) is 0 Å². The first-order valence-electron chi connectivity index (χ1n) is 4.45. The summed E-state index contributed by atoms with van der Waals surface area (Å²) in [6.07, 6.45) is 3.79. The smallest absolute Gasteiger partial charge is 0.308 e. The van der Waals surface area contributed by atoms with Crippen LogP contribution in [0.3, 0.4) is 0 Å². The number of hydrogen-bond donors (Lipinski definition) is 0. The summed E-state index contributed by atoms with van der Waals surface area (Å²) in [6, 6.07) is 0. The monoisotopic (exact) mass is 154 g/mol. The maximum atomic E-state index is 11.1. The first-order chi connectivity index (χ1) is 5.29. The van der Waals surface area contributed by atoms with Gasteiger partial charge in [0.1, 0.15) is 0 Å². The molecule has 3 unspecified atom stereocenters. The first kappa shape index (κ1) is 7.14. The molecule has 0 aromatic heterocycles. The van der Waals surface area contributed by atoms with Crippen molar-refractivity contribution in [3.05, 3.63) is 0 Å². The van der Waals surface area contributed by atoms with Crippen LogP contribution in [0.2, 0.25) is 0 Å². The highest BCUT2D eigenvalue weighted by Gasteiger charge is 2.39. The quantitative estimate of drug-likeness (QED) is 0.495. The molecule has 1 aliphatic heterocycles. The van der Waals surface area contributed by atoms with Crippen LogP contribution in [0.1, 0.15) is 26.2 Å². The molecule has 1 aliphatic carbocycles. The Morgan fingerprint density at radius 1 is 1.45 bits per heavy atom. The highest BCUT2D eigenvalue weighted by Crippen LogP contribution is 2.40. The van der Waals surface area contributed by atoms with E-state index in [1.165, 1.54) is 19.3 Å². The first-order valence-corrected chi connectivity index (χ1v) is 4.45. The Labute approximate surface area is 66.9 Å². The van der Waals surface area contributed by atoms with E-state index in [4.69, 9.17) is 4.74 Å². The van der Waals surface area contributed by atoms with Crippen molar-refractivity contribution in [2.24, 2.45) is 17.8 Å². The van der Waals surface area contributed by atoms with E-state index in [0.717, 1.165) is 0 Å². The normalized spacial score (nSPS) is 43.4. The largest absolute Gasteiger partial charge is 0.465 e. The Hall–Kier alpha value is -0.530. The average molecular weight is 154 g/mol. The molecule has 2 heteroatoms. The molecule has 1 saturated carbocycles. The Morgan fingerprint density at radius 2 is 2.27 bits per heavy atom. The molecule has 0 spiro atoms. The van der Waals surface area contributed by atoms with E-state index in [2.05, 4.69) is 0 Å². The molecule has 0 N–H and O–H groups in total. The predicted molar refractivity (Wildman–Crippen MR) is 41.0 cm³/mol. The predicted octanol–water partition coefficient (Wildman–Crippen LogP) is 1.60. The van der Waals surface area contributed by atoms with Crippen LogP contribution in [-0.2, 0) is 9.53 Å². The number of rotatable bonds is 0. The molecule has 0 bridgehead atoms. The van der Waals surface area contributed by atoms with Crippen LogP contribution < -0.4 is 0 Å². The molecule has 2 rings (SSSR count). The molecule has 2 aliphatic rings. The van der Waals surface area contributed by atoms with E-state index in [9.17, 15) is 4.79 Å². The van der Waals surface area contributed by atoms with Crippen LogP contribution in [0, 0.1) is 17.8 Å². The molecule has 2 nitrogen and oxygen atoms in total. The van der Waals surface area contributed by atoms with Crippen molar-refractivity contribution in [2.75, 3.05) is 6.61 Å². The Morgan fingerprint density at radius 3 is 3.09 bits per heavy atom. The Kier molecular flexibility index (Phi) is 1.63. The van der Waals surface area contributed by atoms with Gasteiger partial charge in [-0.1, -0.05) is 13.3 Å². The zero-order valence-electron chi connectivity index (χ0n) is 6.88. The molecule has 0 aromatic carbocycles. The lowest BCUT2D eigenvalue weighted by atomic mass is 9.83. The van der Waals surface area contributed by atoms with Gasteiger partial charge in [-0.25, -0.2) is 0 Å². The average Bonchev–Trinajstić information content (AvgIpc) is 2.45. The second-order valence-corrected chi connectivity index (χ2v) is 3.77. The van der Waals surface area contributed by atoms with Gasteiger partial charge in [-0.3, -0.25) is 4.79 Å². The maximum Gasteiger partial charge on any atom is 0.308 e. The van der Waals surface area contributed by atoms with E-state index >= 15 is 0 Å². The topological polar surface area (TPSA) is 26.3 Å². The van der Waals surface area contributed by atoms with Gasteiger partial charge >= 0.3 is 5.97 Å². The minimum absolute atomic E-state index is 0.0214. The number of carbonyl (C=O) groups excluding carboxylic acids is 1. The van der Waals surface area contributed by atoms with E-state index in [0.29, 0.717) is 18.4 Å². The van der Waals surface area contributed by atoms with E-state index in [-0.39, 0.29) is 11.9 Å². The molecule has 0 radical (unpaired) electrons. The van der Waals surface area contributed by atoms with Crippen molar-refractivity contribution in [1.82, 2.24) is 0 Å². The summed E-state index contributed by atoms with van der Waals surface area (Å²) in [6.45, 7) is 2.69. The molecule has 0 aromatic rings. The molecule has 1 saturated heterocycles. The van der Waals surface area contributed by atoms with Crippen molar-refractivity contribution in [1.29, 1.82) is 0 Å². The van der Waals surface area contributed by atoms with Gasteiger partial charge in [-0.15, -0.1) is 0 Å². The fraction of sp³-hybridized carbons (Fsp3) is 0.889. The number of esters is 1. The van der Waals surface area contributed by atoms with Crippen LogP contribution in [-0.4, -0.2) is 12.6 Å². The summed E-state index contributed by atoms with van der Waals surface area (Å²) in [5, 5.41) is 0. The summed E-state index contributed by atoms with van der Waals surface area (Å²) >= 11 is 0. The summed E-state index contributed by atoms with van der Waals surface area (Å²) in [5.41, 5.74) is 0. The molecule has 1 heterocycles. The van der Waals surface area contributed by atoms with Crippen LogP contribution in [0.5, 0.6) is 0 Å². The van der Waals surface area contributed by atoms with Crippen molar-refractivity contribution >= 4 is 5.97 Å². The number of ether oxygens (including phenoxy) is 1. The standard InChI is InChI=1S/C9H14O2/c1-6-8-4-2-3-7(8)5-11-9(6)10/h6-8H,2-5H2,1H3. The fourth-order valence-electron chi connectivity index (χ4n) is 2.43. The molecular formula is C9H14O2. The third-order valence-corrected chi connectivity index (χ3v) is 3.17. The van der Waals surface area contributed by atoms with Crippen molar-refractivity contribution in [2.45, 2.75) is 26.2 Å². The number of fused-ring (bicyclic) bond motifs is 1. The second kappa shape index (κ2) is 2.50. The third-order valence-electron chi connectivity index (χ3n) is 3.17. The van der Waals surface area contributed by atoms with Crippen molar-refractivity contribution < 1.29 is 9.53 Å². The van der Waals surface area contributed by atoms with E-state index in [1.807, 2.05) is 6.92 Å². The highest BCUT2D eigenvalue weighted by atomic mass is 16.5. The van der Waals surface area contributed by atoms with Gasteiger partial charge in [-0.2, -0.15) is 0 Å². The van der Waals surface area contributed by atoms with Crippen molar-refractivity contribution in [3.63, 3.8) is 0 Å². The second-order valence-electron chi connectivity index (χ2n) is 3.77. The Balaban J connectivity index is 2.11. The van der Waals surface area contributed by atoms with E-state index < -0.39 is 0 Å². The van der Waals surface area contributed by atoms with Crippen LogP contribution in [0.4, 0.5) is 0 Å². The molecule has 11 heavy (non-hydrogen) atoms. The van der Waals surface area contributed by atoms with Gasteiger partial charge < -0.3 is 4.74 Å². The molecule has 62 valence electrons. The fourth-order valence-corrected chi connectivity index (χ4v) is 2.43. The summed E-state index contributed by atoms with van der Waals surface area (Å²) < 4.78 is 5.07. The molecule has 0 amide bonds. The third kappa shape index (κ3) is 1.05. The van der Waals surface area contributed by atoms with Gasteiger partial charge in [0.25, 0.3) is 0 Å². The number of hydrogen-bond acceptors (Lipinski definition) is 2. The highest BCUT2D eigenvalue weighted by molar-refractivity contribution is 5.73. The van der Waals surface area contributed by atoms with Gasteiger partial charge in [-0.05, 0) is 24.7 Å². The minimum atomic E-state index is 0.0214. The lowest BCUT2D eigenvalue weighted by Crippen LogP contribution is -2.34. The number of carbonyl (C=O) groups is 1. The molecular weight excluding hydrogens is 140 g/mol.